The number of fused-ring (bicyclic) bond motifs is 1. The molecule has 0 spiro atoms. The lowest BCUT2D eigenvalue weighted by Crippen LogP contribution is -2.35. The zero-order valence-electron chi connectivity index (χ0n) is 20.6. The molecule has 0 aliphatic heterocycles. The first-order valence-electron chi connectivity index (χ1n) is 11.9. The first-order chi connectivity index (χ1) is 18.0. The molecule has 5 aromatic rings. The number of ether oxygens (including phenoxy) is 1. The summed E-state index contributed by atoms with van der Waals surface area (Å²) in [5.74, 6) is 1.26. The Balaban J connectivity index is 1.70. The van der Waals surface area contributed by atoms with Crippen LogP contribution in [0.4, 0.5) is 0 Å². The van der Waals surface area contributed by atoms with Crippen LogP contribution >= 0.6 is 11.6 Å². The molecule has 1 atom stereocenters. The van der Waals surface area contributed by atoms with Crippen molar-refractivity contribution in [2.24, 2.45) is 0 Å². The van der Waals surface area contributed by atoms with Crippen LogP contribution in [0, 0.1) is 6.92 Å². The van der Waals surface area contributed by atoms with Gasteiger partial charge in [-0.25, -0.2) is 4.68 Å². The number of aromatic amines is 1. The average Bonchev–Trinajstić information content (AvgIpc) is 3.57. The first kappa shape index (κ1) is 24.9. The highest BCUT2D eigenvalue weighted by atomic mass is 35.5. The molecule has 37 heavy (non-hydrogen) atoms. The number of hydrogen-bond acceptors (Lipinski definition) is 7. The molecule has 0 aliphatic rings. The van der Waals surface area contributed by atoms with Crippen molar-refractivity contribution in [2.75, 3.05) is 13.7 Å². The topological polar surface area (TPSA) is 102 Å². The van der Waals surface area contributed by atoms with Gasteiger partial charge in [-0.3, -0.25) is 9.69 Å². The SMILES string of the molecule is COCCn1nnnc1C(c1cc2cc(C)ccc2[nH]c1=O)N(Cc1ccco1)Cc1ccccc1Cl. The second-order valence-electron chi connectivity index (χ2n) is 8.88. The van der Waals surface area contributed by atoms with Gasteiger partial charge in [0.25, 0.3) is 5.56 Å². The summed E-state index contributed by atoms with van der Waals surface area (Å²) in [4.78, 5) is 18.7. The van der Waals surface area contributed by atoms with E-state index < -0.39 is 6.04 Å². The molecule has 9 nitrogen and oxygen atoms in total. The molecule has 0 saturated carbocycles. The minimum atomic E-state index is -0.609. The lowest BCUT2D eigenvalue weighted by atomic mass is 10.0. The number of methoxy groups -OCH3 is 1. The van der Waals surface area contributed by atoms with Crippen LogP contribution < -0.4 is 5.56 Å². The molecule has 3 aromatic heterocycles. The Labute approximate surface area is 218 Å². The third kappa shape index (κ3) is 5.48. The van der Waals surface area contributed by atoms with Gasteiger partial charge < -0.3 is 14.1 Å². The molecule has 2 aromatic carbocycles. The number of tetrazole rings is 1. The maximum absolute atomic E-state index is 13.6. The van der Waals surface area contributed by atoms with Gasteiger partial charge in [-0.1, -0.05) is 41.4 Å². The molecule has 0 amide bonds. The molecule has 1 unspecified atom stereocenters. The van der Waals surface area contributed by atoms with E-state index in [2.05, 4.69) is 25.4 Å². The summed E-state index contributed by atoms with van der Waals surface area (Å²) in [6, 6.07) is 18.6. The number of halogens is 1. The van der Waals surface area contributed by atoms with E-state index in [1.54, 1.807) is 18.1 Å². The molecule has 3 heterocycles. The summed E-state index contributed by atoms with van der Waals surface area (Å²) in [6.07, 6.45) is 1.63. The summed E-state index contributed by atoms with van der Waals surface area (Å²) in [7, 11) is 1.62. The van der Waals surface area contributed by atoms with Crippen LogP contribution in [0.2, 0.25) is 5.02 Å². The van der Waals surface area contributed by atoms with Gasteiger partial charge in [0, 0.05) is 29.8 Å². The van der Waals surface area contributed by atoms with E-state index in [0.717, 1.165) is 27.8 Å². The van der Waals surface area contributed by atoms with Crippen molar-refractivity contribution in [1.82, 2.24) is 30.1 Å². The largest absolute Gasteiger partial charge is 0.468 e. The highest BCUT2D eigenvalue weighted by molar-refractivity contribution is 6.31. The van der Waals surface area contributed by atoms with Crippen LogP contribution in [0.5, 0.6) is 0 Å². The molecule has 0 bridgehead atoms. The average molecular weight is 519 g/mol. The minimum Gasteiger partial charge on any atom is -0.468 e. The van der Waals surface area contributed by atoms with E-state index in [4.69, 9.17) is 20.8 Å². The fourth-order valence-electron chi connectivity index (χ4n) is 4.48. The van der Waals surface area contributed by atoms with Crippen molar-refractivity contribution in [3.63, 3.8) is 0 Å². The molecule has 1 N–H and O–H groups in total. The summed E-state index contributed by atoms with van der Waals surface area (Å²) in [5, 5.41) is 14.1. The fourth-order valence-corrected chi connectivity index (χ4v) is 4.67. The monoisotopic (exact) mass is 518 g/mol. The molecular formula is C27H27ClN6O3. The van der Waals surface area contributed by atoms with Crippen molar-refractivity contribution < 1.29 is 9.15 Å². The van der Waals surface area contributed by atoms with E-state index in [1.807, 2.05) is 67.6 Å². The van der Waals surface area contributed by atoms with E-state index in [1.165, 1.54) is 0 Å². The molecule has 0 fully saturated rings. The van der Waals surface area contributed by atoms with Gasteiger partial charge in [0.15, 0.2) is 5.82 Å². The molecular weight excluding hydrogens is 492 g/mol. The zero-order chi connectivity index (χ0) is 25.8. The highest BCUT2D eigenvalue weighted by Crippen LogP contribution is 2.31. The van der Waals surface area contributed by atoms with Crippen molar-refractivity contribution in [3.05, 3.63) is 111 Å². The van der Waals surface area contributed by atoms with Crippen LogP contribution in [-0.2, 0) is 24.4 Å². The van der Waals surface area contributed by atoms with Crippen molar-refractivity contribution >= 4 is 22.5 Å². The van der Waals surface area contributed by atoms with Crippen LogP contribution in [-0.4, -0.2) is 43.8 Å². The van der Waals surface area contributed by atoms with Crippen LogP contribution in [0.1, 0.15) is 34.3 Å². The smallest absolute Gasteiger partial charge is 0.253 e. The Kier molecular flexibility index (Phi) is 7.45. The molecule has 0 aliphatic carbocycles. The summed E-state index contributed by atoms with van der Waals surface area (Å²) < 4.78 is 12.7. The predicted molar refractivity (Wildman–Crippen MR) is 140 cm³/mol. The van der Waals surface area contributed by atoms with Gasteiger partial charge in [0.1, 0.15) is 11.8 Å². The number of nitrogens with one attached hydrogen (secondary N) is 1. The Morgan fingerprint density at radius 3 is 2.78 bits per heavy atom. The van der Waals surface area contributed by atoms with Gasteiger partial charge in [-0.05, 0) is 64.7 Å². The maximum Gasteiger partial charge on any atom is 0.253 e. The summed E-state index contributed by atoms with van der Waals surface area (Å²) >= 11 is 6.57. The van der Waals surface area contributed by atoms with Gasteiger partial charge in [0.2, 0.25) is 0 Å². The van der Waals surface area contributed by atoms with Crippen molar-refractivity contribution in [1.29, 1.82) is 0 Å². The number of aromatic nitrogens is 5. The van der Waals surface area contributed by atoms with Gasteiger partial charge in [-0.2, -0.15) is 0 Å². The summed E-state index contributed by atoms with van der Waals surface area (Å²) in [6.45, 7) is 3.69. The lowest BCUT2D eigenvalue weighted by Gasteiger charge is -2.30. The molecule has 5 rings (SSSR count). The standard InChI is InChI=1S/C27H27ClN6O3/c1-18-9-10-24-20(14-18)15-22(27(35)29-24)25(26-30-31-32-34(26)11-13-36-2)33(17-21-7-5-12-37-21)16-19-6-3-4-8-23(19)28/h3-10,12,14-15,25H,11,13,16-17H2,1-2H3,(H,29,35). The lowest BCUT2D eigenvalue weighted by molar-refractivity contribution is 0.163. The normalized spacial score (nSPS) is 12.4. The van der Waals surface area contributed by atoms with Crippen molar-refractivity contribution in [2.45, 2.75) is 32.6 Å². The highest BCUT2D eigenvalue weighted by Gasteiger charge is 2.31. The number of nitrogens with zero attached hydrogens (tertiary/aromatic N) is 5. The number of benzene rings is 2. The number of rotatable bonds is 10. The van der Waals surface area contributed by atoms with E-state index in [0.29, 0.717) is 42.7 Å². The third-order valence-electron chi connectivity index (χ3n) is 6.27. The minimum absolute atomic E-state index is 0.216. The van der Waals surface area contributed by atoms with Gasteiger partial charge >= 0.3 is 0 Å². The van der Waals surface area contributed by atoms with Crippen molar-refractivity contribution in [3.8, 4) is 0 Å². The Hall–Kier alpha value is -3.79. The number of aryl methyl sites for hydroxylation is 1. The second-order valence-corrected chi connectivity index (χ2v) is 9.28. The number of pyridine rings is 1. The van der Waals surface area contributed by atoms with E-state index >= 15 is 0 Å². The molecule has 190 valence electrons. The maximum atomic E-state index is 13.6. The number of H-pyrrole nitrogens is 1. The van der Waals surface area contributed by atoms with E-state index in [9.17, 15) is 4.79 Å². The quantitative estimate of drug-likeness (QED) is 0.290. The van der Waals surface area contributed by atoms with Gasteiger partial charge in [-0.15, -0.1) is 5.10 Å². The first-order valence-corrected chi connectivity index (χ1v) is 12.3. The molecule has 0 radical (unpaired) electrons. The Morgan fingerprint density at radius 2 is 2.00 bits per heavy atom. The summed E-state index contributed by atoms with van der Waals surface area (Å²) in [5.41, 5.74) is 3.07. The fraction of sp³-hybridized carbons (Fsp3) is 0.259. The molecule has 10 heteroatoms. The Bertz CT molecular complexity index is 1550. The predicted octanol–water partition coefficient (Wildman–Crippen LogP) is 4.51. The third-order valence-corrected chi connectivity index (χ3v) is 6.64. The zero-order valence-corrected chi connectivity index (χ0v) is 21.4. The number of furan rings is 1. The van der Waals surface area contributed by atoms with Crippen LogP contribution in [0.15, 0.2) is 76.1 Å². The number of hydrogen-bond donors (Lipinski definition) is 1. The van der Waals surface area contributed by atoms with Crippen LogP contribution in [0.25, 0.3) is 10.9 Å². The van der Waals surface area contributed by atoms with Gasteiger partial charge in [0.05, 0.1) is 26.0 Å². The van der Waals surface area contributed by atoms with Crippen LogP contribution in [0.3, 0.4) is 0 Å². The second kappa shape index (κ2) is 11.1. The molecule has 0 saturated heterocycles. The van der Waals surface area contributed by atoms with E-state index in [-0.39, 0.29) is 5.56 Å². The Morgan fingerprint density at radius 1 is 1.14 bits per heavy atom.